The molecule has 1 atom stereocenters. The molecule has 1 aliphatic heterocycles. The summed E-state index contributed by atoms with van der Waals surface area (Å²) in [6, 6.07) is -0.253. The first-order chi connectivity index (χ1) is 8.00. The predicted octanol–water partition coefficient (Wildman–Crippen LogP) is 1.54. The lowest BCUT2D eigenvalue weighted by Crippen LogP contribution is -2.42. The third kappa shape index (κ3) is 4.63. The van der Waals surface area contributed by atoms with Crippen molar-refractivity contribution in [2.24, 2.45) is 11.8 Å². The second-order valence-corrected chi connectivity index (χ2v) is 4.97. The Hall–Kier alpha value is -1.26. The summed E-state index contributed by atoms with van der Waals surface area (Å²) in [6.07, 6.45) is 3.17. The van der Waals surface area contributed by atoms with Gasteiger partial charge in [0.2, 0.25) is 0 Å². The van der Waals surface area contributed by atoms with Gasteiger partial charge in [-0.3, -0.25) is 4.79 Å². The van der Waals surface area contributed by atoms with Crippen LogP contribution in [-0.4, -0.2) is 41.6 Å². The van der Waals surface area contributed by atoms with Crippen LogP contribution >= 0.6 is 0 Å². The van der Waals surface area contributed by atoms with Crippen LogP contribution in [0.4, 0.5) is 4.79 Å². The van der Waals surface area contributed by atoms with Crippen LogP contribution in [-0.2, 0) is 4.79 Å². The molecule has 0 aliphatic carbocycles. The van der Waals surface area contributed by atoms with Crippen LogP contribution in [0.2, 0.25) is 0 Å². The maximum Gasteiger partial charge on any atom is 0.323 e. The fourth-order valence-electron chi connectivity index (χ4n) is 2.25. The zero-order valence-corrected chi connectivity index (χ0v) is 10.6. The molecule has 1 heterocycles. The molecule has 1 aliphatic rings. The van der Waals surface area contributed by atoms with E-state index in [0.29, 0.717) is 11.8 Å². The molecule has 5 nitrogen and oxygen atoms in total. The number of hydrogen-bond acceptors (Lipinski definition) is 2. The lowest BCUT2D eigenvalue weighted by atomic mass is 9.89. The number of carbonyl (C=O) groups is 2. The largest absolute Gasteiger partial charge is 0.480 e. The van der Waals surface area contributed by atoms with Crippen molar-refractivity contribution in [2.75, 3.05) is 19.6 Å². The van der Waals surface area contributed by atoms with E-state index in [1.165, 1.54) is 0 Å². The normalized spacial score (nSPS) is 21.1. The van der Waals surface area contributed by atoms with Crippen LogP contribution in [0.5, 0.6) is 0 Å². The Morgan fingerprint density at radius 3 is 2.65 bits per heavy atom. The van der Waals surface area contributed by atoms with E-state index < -0.39 is 5.97 Å². The number of aliphatic carboxylic acids is 1. The Kier molecular flexibility index (Phi) is 5.25. The Morgan fingerprint density at radius 2 is 2.06 bits per heavy atom. The van der Waals surface area contributed by atoms with E-state index in [1.54, 1.807) is 4.90 Å². The average Bonchev–Trinajstić information content (AvgIpc) is 2.51. The highest BCUT2D eigenvalue weighted by molar-refractivity contribution is 5.79. The highest BCUT2D eigenvalue weighted by Gasteiger charge is 2.22. The third-order valence-corrected chi connectivity index (χ3v) is 3.39. The molecule has 0 aromatic rings. The zero-order valence-electron chi connectivity index (χ0n) is 10.6. The van der Waals surface area contributed by atoms with Gasteiger partial charge in [-0.25, -0.2) is 4.79 Å². The molecule has 1 unspecified atom stereocenters. The second kappa shape index (κ2) is 6.47. The average molecular weight is 242 g/mol. The molecule has 0 saturated carbocycles. The molecule has 0 spiro atoms. The number of nitrogens with one attached hydrogen (secondary N) is 1. The van der Waals surface area contributed by atoms with E-state index >= 15 is 0 Å². The smallest absolute Gasteiger partial charge is 0.323 e. The number of carboxylic acids is 1. The van der Waals surface area contributed by atoms with Crippen molar-refractivity contribution in [3.05, 3.63) is 0 Å². The Balaban J connectivity index is 2.40. The van der Waals surface area contributed by atoms with Gasteiger partial charge in [-0.2, -0.15) is 0 Å². The van der Waals surface area contributed by atoms with Gasteiger partial charge in [0.25, 0.3) is 0 Å². The van der Waals surface area contributed by atoms with Gasteiger partial charge in [-0.1, -0.05) is 13.8 Å². The number of nitrogens with zero attached hydrogens (tertiary/aromatic N) is 1. The number of carbonyl (C=O) groups excluding carboxylic acids is 1. The molecule has 0 radical (unpaired) electrons. The van der Waals surface area contributed by atoms with E-state index in [2.05, 4.69) is 19.2 Å². The number of hydrogen-bond donors (Lipinski definition) is 2. The van der Waals surface area contributed by atoms with Crippen molar-refractivity contribution in [1.29, 1.82) is 0 Å². The summed E-state index contributed by atoms with van der Waals surface area (Å²) in [5, 5.41) is 10.9. The molecule has 1 saturated heterocycles. The molecule has 2 amide bonds. The van der Waals surface area contributed by atoms with Crippen molar-refractivity contribution in [1.82, 2.24) is 10.2 Å². The fourth-order valence-corrected chi connectivity index (χ4v) is 2.25. The van der Waals surface area contributed by atoms with Gasteiger partial charge in [-0.15, -0.1) is 0 Å². The van der Waals surface area contributed by atoms with Crippen LogP contribution in [0, 0.1) is 11.8 Å². The van der Waals surface area contributed by atoms with Crippen LogP contribution in [0.25, 0.3) is 0 Å². The molecule has 5 heteroatoms. The standard InChI is InChI=1S/C12H22N2O3/c1-9(2)10-4-3-6-14(7-5-10)12(17)13-8-11(15)16/h9-10H,3-8H2,1-2H3,(H,13,17)(H,15,16). The Morgan fingerprint density at radius 1 is 1.35 bits per heavy atom. The van der Waals surface area contributed by atoms with Crippen molar-refractivity contribution in [3.8, 4) is 0 Å². The van der Waals surface area contributed by atoms with Crippen molar-refractivity contribution < 1.29 is 14.7 Å². The summed E-state index contributed by atoms with van der Waals surface area (Å²) >= 11 is 0. The summed E-state index contributed by atoms with van der Waals surface area (Å²) in [4.78, 5) is 23.8. The maximum atomic E-state index is 11.7. The lowest BCUT2D eigenvalue weighted by molar-refractivity contribution is -0.135. The lowest BCUT2D eigenvalue weighted by Gasteiger charge is -2.21. The van der Waals surface area contributed by atoms with E-state index in [1.807, 2.05) is 0 Å². The predicted molar refractivity (Wildman–Crippen MR) is 64.8 cm³/mol. The van der Waals surface area contributed by atoms with Crippen molar-refractivity contribution >= 4 is 12.0 Å². The Bertz CT molecular complexity index is 279. The summed E-state index contributed by atoms with van der Waals surface area (Å²) in [6.45, 7) is 5.58. The first-order valence-corrected chi connectivity index (χ1v) is 6.25. The quantitative estimate of drug-likeness (QED) is 0.788. The van der Waals surface area contributed by atoms with E-state index in [9.17, 15) is 9.59 Å². The van der Waals surface area contributed by atoms with Crippen molar-refractivity contribution in [3.63, 3.8) is 0 Å². The molecule has 1 fully saturated rings. The number of rotatable bonds is 3. The number of carboxylic acid groups (broad SMARTS) is 1. The number of likely N-dealkylation sites (tertiary alicyclic amines) is 1. The molecular weight excluding hydrogens is 220 g/mol. The van der Waals surface area contributed by atoms with E-state index in [4.69, 9.17) is 5.11 Å². The minimum Gasteiger partial charge on any atom is -0.480 e. The van der Waals surface area contributed by atoms with Gasteiger partial charge >= 0.3 is 12.0 Å². The first-order valence-electron chi connectivity index (χ1n) is 6.25. The molecule has 0 aromatic heterocycles. The van der Waals surface area contributed by atoms with Crippen LogP contribution in [0.1, 0.15) is 33.1 Å². The van der Waals surface area contributed by atoms with Crippen molar-refractivity contribution in [2.45, 2.75) is 33.1 Å². The monoisotopic (exact) mass is 242 g/mol. The molecule has 17 heavy (non-hydrogen) atoms. The van der Waals surface area contributed by atoms with Gasteiger partial charge in [0.1, 0.15) is 6.54 Å². The number of urea groups is 1. The van der Waals surface area contributed by atoms with Crippen LogP contribution in [0.15, 0.2) is 0 Å². The summed E-state index contributed by atoms with van der Waals surface area (Å²) in [5.41, 5.74) is 0. The fraction of sp³-hybridized carbons (Fsp3) is 0.833. The summed E-state index contributed by atoms with van der Waals surface area (Å²) < 4.78 is 0. The number of amides is 2. The second-order valence-electron chi connectivity index (χ2n) is 4.97. The molecule has 2 N–H and O–H groups in total. The zero-order chi connectivity index (χ0) is 12.8. The maximum absolute atomic E-state index is 11.7. The van der Waals surface area contributed by atoms with Gasteiger partial charge in [0.05, 0.1) is 0 Å². The first kappa shape index (κ1) is 13.8. The SMILES string of the molecule is CC(C)C1CCCN(C(=O)NCC(=O)O)CC1. The van der Waals surface area contributed by atoms with Crippen LogP contribution < -0.4 is 5.32 Å². The minimum absolute atomic E-state index is 0.253. The van der Waals surface area contributed by atoms with Gasteiger partial charge < -0.3 is 15.3 Å². The topological polar surface area (TPSA) is 69.6 Å². The Labute approximate surface area is 102 Å². The summed E-state index contributed by atoms with van der Waals surface area (Å²) in [5.74, 6) is 0.317. The van der Waals surface area contributed by atoms with Gasteiger partial charge in [0, 0.05) is 13.1 Å². The highest BCUT2D eigenvalue weighted by atomic mass is 16.4. The molecule has 1 rings (SSSR count). The molecule has 0 bridgehead atoms. The summed E-state index contributed by atoms with van der Waals surface area (Å²) in [7, 11) is 0. The van der Waals surface area contributed by atoms with Crippen LogP contribution in [0.3, 0.4) is 0 Å². The molecule has 0 aromatic carbocycles. The molecule has 98 valence electrons. The van der Waals surface area contributed by atoms with E-state index in [0.717, 1.165) is 32.4 Å². The van der Waals surface area contributed by atoms with Gasteiger partial charge in [-0.05, 0) is 31.1 Å². The third-order valence-electron chi connectivity index (χ3n) is 3.39. The highest BCUT2D eigenvalue weighted by Crippen LogP contribution is 2.24. The molecular formula is C12H22N2O3. The van der Waals surface area contributed by atoms with Gasteiger partial charge in [0.15, 0.2) is 0 Å². The van der Waals surface area contributed by atoms with E-state index in [-0.39, 0.29) is 12.6 Å². The minimum atomic E-state index is -1.01.